The van der Waals surface area contributed by atoms with Crippen LogP contribution in [0.3, 0.4) is 0 Å². The van der Waals surface area contributed by atoms with Crippen molar-refractivity contribution in [3.63, 3.8) is 0 Å². The van der Waals surface area contributed by atoms with Crippen molar-refractivity contribution >= 4 is 0 Å². The molecule has 0 aromatic rings. The Morgan fingerprint density at radius 3 is 2.00 bits per heavy atom. The van der Waals surface area contributed by atoms with E-state index in [4.69, 9.17) is 0 Å². The molecule has 0 aliphatic carbocycles. The van der Waals surface area contributed by atoms with Gasteiger partial charge in [-0.15, -0.1) is 0 Å². The maximum Gasteiger partial charge on any atom is 0.313 e. The summed E-state index contributed by atoms with van der Waals surface area (Å²) in [4.78, 5) is 0. The lowest BCUT2D eigenvalue weighted by atomic mass is 10.5. The molecule has 1 atom stereocenters. The normalized spacial score (nSPS) is 15.3. The first-order chi connectivity index (χ1) is 4.49. The van der Waals surface area contributed by atoms with E-state index in [0.717, 1.165) is 0 Å². The third kappa shape index (κ3) is 4.92. The summed E-state index contributed by atoms with van der Waals surface area (Å²) in [5.74, 6) is 0. The van der Waals surface area contributed by atoms with E-state index in [2.05, 4.69) is 9.03 Å². The Morgan fingerprint density at radius 1 is 1.40 bits per heavy atom. The van der Waals surface area contributed by atoms with Crippen LogP contribution in [0.15, 0.2) is 0 Å². The predicted octanol–water partition coefficient (Wildman–Crippen LogP) is -2.72. The molecule has 0 amide bonds. The van der Waals surface area contributed by atoms with Gasteiger partial charge in [0.2, 0.25) is 0 Å². The number of methoxy groups -OCH3 is 1. The Hall–Kier alpha value is 0.0900. The minimum absolute atomic E-state index is 0.310. The summed E-state index contributed by atoms with van der Waals surface area (Å²) < 4.78 is 38.0. The van der Waals surface area contributed by atoms with Gasteiger partial charge in [0.05, 0.1) is 14.5 Å². The highest BCUT2D eigenvalue weighted by atomic mass is 35.7. The molecular weight excluding hydrogens is 163 g/mol. The van der Waals surface area contributed by atoms with E-state index in [1.165, 1.54) is 7.11 Å². The van der Waals surface area contributed by atoms with Crippen molar-refractivity contribution in [3.8, 4) is 0 Å². The average Bonchev–Trinajstić information content (AvgIpc) is 1.81. The van der Waals surface area contributed by atoms with Gasteiger partial charge < -0.3 is 4.74 Å². The SMILES string of the molecule is CCC(OC)O[Cl+3]([O-])([O-])[O-]. The van der Waals surface area contributed by atoms with Gasteiger partial charge in [-0.2, -0.15) is 14.0 Å². The number of hydrogen-bond donors (Lipinski definition) is 0. The Kier molecular flexibility index (Phi) is 4.11. The monoisotopic (exact) mass is 172 g/mol. The van der Waals surface area contributed by atoms with Gasteiger partial charge in [-0.3, -0.25) is 0 Å². The molecule has 0 aromatic carbocycles. The second-order valence-corrected chi connectivity index (χ2v) is 2.47. The van der Waals surface area contributed by atoms with Crippen LogP contribution in [0.1, 0.15) is 13.3 Å². The zero-order valence-corrected chi connectivity index (χ0v) is 6.46. The molecule has 62 valence electrons. The summed E-state index contributed by atoms with van der Waals surface area (Å²) in [6, 6.07) is 0. The molecule has 6 heteroatoms. The molecule has 0 fully saturated rings. The quantitative estimate of drug-likeness (QED) is 0.430. The fourth-order valence-corrected chi connectivity index (χ4v) is 0.830. The Labute approximate surface area is 60.9 Å². The van der Waals surface area contributed by atoms with Crippen molar-refractivity contribution < 1.29 is 33.2 Å². The molecule has 0 saturated heterocycles. The number of ether oxygens (including phenoxy) is 1. The van der Waals surface area contributed by atoms with Gasteiger partial charge in [0.1, 0.15) is 0 Å². The van der Waals surface area contributed by atoms with Gasteiger partial charge in [0.15, 0.2) is 0 Å². The van der Waals surface area contributed by atoms with Crippen LogP contribution in [0.2, 0.25) is 0 Å². The average molecular weight is 173 g/mol. The van der Waals surface area contributed by atoms with Crippen molar-refractivity contribution in [2.45, 2.75) is 19.6 Å². The first kappa shape index (κ1) is 10.1. The third-order valence-corrected chi connectivity index (χ3v) is 1.22. The Morgan fingerprint density at radius 2 is 1.90 bits per heavy atom. The summed E-state index contributed by atoms with van der Waals surface area (Å²) >= 11 is 0. The molecule has 0 aromatic heterocycles. The molecule has 0 saturated carbocycles. The minimum Gasteiger partial charge on any atom is -0.343 e. The second kappa shape index (κ2) is 4.07. The summed E-state index contributed by atoms with van der Waals surface area (Å²) in [6.45, 7) is 1.63. The van der Waals surface area contributed by atoms with Crippen LogP contribution in [0, 0.1) is 10.2 Å². The van der Waals surface area contributed by atoms with E-state index < -0.39 is 16.5 Å². The molecule has 5 nitrogen and oxygen atoms in total. The van der Waals surface area contributed by atoms with Gasteiger partial charge in [-0.25, -0.2) is 0 Å². The summed E-state index contributed by atoms with van der Waals surface area (Å²) in [7, 11) is -3.11. The molecule has 0 N–H and O–H groups in total. The van der Waals surface area contributed by atoms with Crippen LogP contribution < -0.4 is 14.0 Å². The van der Waals surface area contributed by atoms with Gasteiger partial charge in [0.25, 0.3) is 0 Å². The highest BCUT2D eigenvalue weighted by Gasteiger charge is 2.26. The highest BCUT2D eigenvalue weighted by molar-refractivity contribution is 4.29. The Bertz CT molecular complexity index is 86.1. The van der Waals surface area contributed by atoms with E-state index in [1.807, 2.05) is 0 Å². The standard InChI is InChI=1S/C4H9ClO5/c1-3-4(9-2)10-5(6,7)8/h4H,3H2,1-2H3. The van der Waals surface area contributed by atoms with Crippen LogP contribution in [0.5, 0.6) is 0 Å². The predicted molar refractivity (Wildman–Crippen MR) is 22.2 cm³/mol. The third-order valence-electron chi connectivity index (χ3n) is 0.805. The molecule has 0 bridgehead atoms. The lowest BCUT2D eigenvalue weighted by Gasteiger charge is -2.16. The van der Waals surface area contributed by atoms with Gasteiger partial charge in [-0.1, -0.05) is 6.92 Å². The number of halogens is 1. The largest absolute Gasteiger partial charge is 0.343 e. The van der Waals surface area contributed by atoms with Crippen molar-refractivity contribution in [1.82, 2.24) is 0 Å². The molecule has 1 unspecified atom stereocenters. The van der Waals surface area contributed by atoms with Crippen LogP contribution in [0.25, 0.3) is 0 Å². The zero-order valence-electron chi connectivity index (χ0n) is 5.70. The van der Waals surface area contributed by atoms with Crippen LogP contribution in [0.4, 0.5) is 0 Å². The molecular formula is C4H9ClO5. The highest BCUT2D eigenvalue weighted by Crippen LogP contribution is 2.02. The Balaban J connectivity index is 3.63. The molecule has 0 rings (SSSR count). The fraction of sp³-hybridized carbons (Fsp3) is 1.00. The van der Waals surface area contributed by atoms with E-state index in [9.17, 15) is 14.0 Å². The van der Waals surface area contributed by atoms with E-state index in [-0.39, 0.29) is 0 Å². The maximum absolute atomic E-state index is 9.87. The summed E-state index contributed by atoms with van der Waals surface area (Å²) in [5, 5.41) is 0. The maximum atomic E-state index is 9.87. The lowest BCUT2D eigenvalue weighted by Crippen LogP contribution is -2.62. The molecule has 0 aliphatic rings. The molecule has 0 spiro atoms. The summed E-state index contributed by atoms with van der Waals surface area (Å²) in [5.41, 5.74) is 0. The smallest absolute Gasteiger partial charge is 0.313 e. The van der Waals surface area contributed by atoms with Crippen LogP contribution in [-0.4, -0.2) is 13.4 Å². The fourth-order valence-electron chi connectivity index (χ4n) is 0.388. The van der Waals surface area contributed by atoms with Crippen molar-refractivity contribution in [2.24, 2.45) is 0 Å². The molecule has 10 heavy (non-hydrogen) atoms. The summed E-state index contributed by atoms with van der Waals surface area (Å²) in [6.07, 6.45) is -0.658. The van der Waals surface area contributed by atoms with Gasteiger partial charge in [0, 0.05) is 13.5 Å². The molecule has 0 aliphatic heterocycles. The van der Waals surface area contributed by atoms with E-state index in [1.54, 1.807) is 6.92 Å². The van der Waals surface area contributed by atoms with Crippen molar-refractivity contribution in [1.29, 1.82) is 0 Å². The lowest BCUT2D eigenvalue weighted by molar-refractivity contribution is -1.92. The minimum atomic E-state index is -4.37. The van der Waals surface area contributed by atoms with Crippen molar-refractivity contribution in [2.75, 3.05) is 7.11 Å². The van der Waals surface area contributed by atoms with E-state index in [0.29, 0.717) is 6.42 Å². The topological polar surface area (TPSA) is 87.6 Å². The van der Waals surface area contributed by atoms with Gasteiger partial charge in [-0.05, 0) is 0 Å². The van der Waals surface area contributed by atoms with Crippen molar-refractivity contribution in [3.05, 3.63) is 0 Å². The zero-order chi connectivity index (χ0) is 8.20. The molecule has 0 heterocycles. The van der Waals surface area contributed by atoms with Crippen LogP contribution >= 0.6 is 0 Å². The van der Waals surface area contributed by atoms with E-state index >= 15 is 0 Å². The van der Waals surface area contributed by atoms with Crippen LogP contribution in [-0.2, 0) is 9.03 Å². The molecule has 0 radical (unpaired) electrons. The second-order valence-electron chi connectivity index (χ2n) is 1.54. The first-order valence-corrected chi connectivity index (χ1v) is 3.85. The first-order valence-electron chi connectivity index (χ1n) is 2.61. The van der Waals surface area contributed by atoms with Gasteiger partial charge >= 0.3 is 6.29 Å². The number of hydrogen-bond acceptors (Lipinski definition) is 5. The number of rotatable bonds is 4.